The molecule has 1 aromatic carbocycles. The number of hydrogen-bond acceptors (Lipinski definition) is 4. The van der Waals surface area contributed by atoms with E-state index in [1.54, 1.807) is 0 Å². The highest BCUT2D eigenvalue weighted by Crippen LogP contribution is 2.14. The Balaban J connectivity index is 0.00000182. The Morgan fingerprint density at radius 3 is 2.41 bits per heavy atom. The summed E-state index contributed by atoms with van der Waals surface area (Å²) in [4.78, 5) is 21.1. The number of imidazole rings is 1. The first kappa shape index (κ1) is 23.3. The molecular formula is C19H29Cl2N5O. The normalized spacial score (nSPS) is 14.2. The van der Waals surface area contributed by atoms with Gasteiger partial charge in [0.2, 0.25) is 11.9 Å². The van der Waals surface area contributed by atoms with E-state index in [1.807, 2.05) is 12.4 Å². The van der Waals surface area contributed by atoms with Crippen molar-refractivity contribution in [3.05, 3.63) is 47.8 Å². The molecule has 0 spiro atoms. The fourth-order valence-electron chi connectivity index (χ4n) is 3.10. The largest absolute Gasteiger partial charge is 0.351 e. The minimum absolute atomic E-state index is 0. The van der Waals surface area contributed by atoms with E-state index in [4.69, 9.17) is 0 Å². The van der Waals surface area contributed by atoms with Crippen LogP contribution in [0.25, 0.3) is 0 Å². The first-order valence-electron chi connectivity index (χ1n) is 8.96. The molecule has 6 nitrogen and oxygen atoms in total. The van der Waals surface area contributed by atoms with Crippen LogP contribution >= 0.6 is 24.8 Å². The number of carbonyl (C=O) groups is 1. The minimum atomic E-state index is 0. The van der Waals surface area contributed by atoms with Crippen molar-refractivity contribution in [2.24, 2.45) is 0 Å². The monoisotopic (exact) mass is 413 g/mol. The molecule has 1 fully saturated rings. The molecule has 0 saturated carbocycles. The Bertz CT molecular complexity index is 696. The molecule has 1 N–H and O–H groups in total. The number of halogens is 2. The first-order chi connectivity index (χ1) is 12.2. The van der Waals surface area contributed by atoms with Crippen molar-refractivity contribution < 1.29 is 4.79 Å². The van der Waals surface area contributed by atoms with Crippen LogP contribution in [-0.4, -0.2) is 53.1 Å². The molecular weight excluding hydrogens is 385 g/mol. The molecule has 0 unspecified atom stereocenters. The second-order valence-corrected chi connectivity index (χ2v) is 6.54. The lowest BCUT2D eigenvalue weighted by molar-refractivity contribution is -0.122. The Morgan fingerprint density at radius 2 is 1.78 bits per heavy atom. The number of benzene rings is 1. The van der Waals surface area contributed by atoms with Crippen LogP contribution in [0.2, 0.25) is 0 Å². The number of aryl methyl sites for hydroxylation is 2. The molecule has 0 bridgehead atoms. The van der Waals surface area contributed by atoms with Gasteiger partial charge in [0, 0.05) is 51.7 Å². The summed E-state index contributed by atoms with van der Waals surface area (Å²) in [5, 5.41) is 3.01. The maximum absolute atomic E-state index is 12.2. The van der Waals surface area contributed by atoms with E-state index in [0.29, 0.717) is 13.1 Å². The number of rotatable bonds is 6. The van der Waals surface area contributed by atoms with Gasteiger partial charge in [-0.05, 0) is 19.4 Å². The Kier molecular flexibility index (Phi) is 9.63. The Morgan fingerprint density at radius 1 is 1.11 bits per heavy atom. The van der Waals surface area contributed by atoms with Crippen molar-refractivity contribution in [2.45, 2.75) is 26.9 Å². The maximum atomic E-state index is 12.2. The van der Waals surface area contributed by atoms with Crippen LogP contribution in [0.15, 0.2) is 36.7 Å². The average Bonchev–Trinajstić information content (AvgIpc) is 3.11. The zero-order valence-electron chi connectivity index (χ0n) is 15.9. The Labute approximate surface area is 173 Å². The van der Waals surface area contributed by atoms with Gasteiger partial charge in [0.25, 0.3) is 0 Å². The molecule has 1 aliphatic heterocycles. The smallest absolute Gasteiger partial charge is 0.234 e. The molecule has 3 rings (SSSR count). The molecule has 1 aliphatic rings. The van der Waals surface area contributed by atoms with Crippen molar-refractivity contribution in [3.8, 4) is 0 Å². The van der Waals surface area contributed by atoms with Gasteiger partial charge in [0.05, 0.1) is 6.54 Å². The second kappa shape index (κ2) is 11.2. The molecule has 0 radical (unpaired) electrons. The number of nitrogens with one attached hydrogen (secondary N) is 1. The summed E-state index contributed by atoms with van der Waals surface area (Å²) < 4.78 is 2.16. The summed E-state index contributed by atoms with van der Waals surface area (Å²) >= 11 is 0. The van der Waals surface area contributed by atoms with Gasteiger partial charge in [-0.15, -0.1) is 24.8 Å². The summed E-state index contributed by atoms with van der Waals surface area (Å²) in [6.07, 6.45) is 3.87. The number of amides is 1. The van der Waals surface area contributed by atoms with Crippen LogP contribution in [0.5, 0.6) is 0 Å². The van der Waals surface area contributed by atoms with Gasteiger partial charge in [-0.1, -0.05) is 29.8 Å². The van der Waals surface area contributed by atoms with Crippen molar-refractivity contribution >= 4 is 36.7 Å². The lowest BCUT2D eigenvalue weighted by atomic mass is 10.1. The van der Waals surface area contributed by atoms with Crippen molar-refractivity contribution in [2.75, 3.05) is 37.6 Å². The van der Waals surface area contributed by atoms with E-state index < -0.39 is 0 Å². The molecule has 150 valence electrons. The number of piperazine rings is 1. The molecule has 8 heteroatoms. The SMILES string of the molecule is CCn1ccnc1N1CCN(CC(=O)NCc2ccc(C)cc2)CC1.Cl.Cl. The standard InChI is InChI=1S/C19H27N5O.2ClH/c1-3-23-9-8-20-19(23)24-12-10-22(11-13-24)15-18(25)21-14-17-6-4-16(2)5-7-17;;/h4-9H,3,10-15H2,1-2H3,(H,21,25);2*1H. The van der Waals surface area contributed by atoms with E-state index in [-0.39, 0.29) is 30.7 Å². The van der Waals surface area contributed by atoms with Crippen LogP contribution in [-0.2, 0) is 17.9 Å². The first-order valence-corrected chi connectivity index (χ1v) is 8.96. The number of nitrogens with zero attached hydrogens (tertiary/aromatic N) is 4. The second-order valence-electron chi connectivity index (χ2n) is 6.54. The summed E-state index contributed by atoms with van der Waals surface area (Å²) in [7, 11) is 0. The fraction of sp³-hybridized carbons (Fsp3) is 0.474. The molecule has 27 heavy (non-hydrogen) atoms. The molecule has 2 heterocycles. The summed E-state index contributed by atoms with van der Waals surface area (Å²) in [6.45, 7) is 9.74. The van der Waals surface area contributed by atoms with Crippen LogP contribution in [0.3, 0.4) is 0 Å². The molecule has 0 aliphatic carbocycles. The van der Waals surface area contributed by atoms with Gasteiger partial charge in [-0.3, -0.25) is 9.69 Å². The minimum Gasteiger partial charge on any atom is -0.351 e. The van der Waals surface area contributed by atoms with Gasteiger partial charge in [0.1, 0.15) is 0 Å². The predicted octanol–water partition coefficient (Wildman–Crippen LogP) is 2.49. The Hall–Kier alpha value is -1.76. The van der Waals surface area contributed by atoms with Crippen molar-refractivity contribution in [3.63, 3.8) is 0 Å². The molecule has 1 aromatic heterocycles. The summed E-state index contributed by atoms with van der Waals surface area (Å²) in [5.74, 6) is 1.12. The van der Waals surface area contributed by atoms with Crippen LogP contribution in [0.1, 0.15) is 18.1 Å². The number of aromatic nitrogens is 2. The van der Waals surface area contributed by atoms with Gasteiger partial charge < -0.3 is 14.8 Å². The van der Waals surface area contributed by atoms with E-state index >= 15 is 0 Å². The van der Waals surface area contributed by atoms with E-state index in [1.165, 1.54) is 5.56 Å². The lowest BCUT2D eigenvalue weighted by Crippen LogP contribution is -2.50. The highest BCUT2D eigenvalue weighted by atomic mass is 35.5. The molecule has 1 saturated heterocycles. The lowest BCUT2D eigenvalue weighted by Gasteiger charge is -2.35. The molecule has 2 aromatic rings. The summed E-state index contributed by atoms with van der Waals surface area (Å²) in [5.41, 5.74) is 2.37. The van der Waals surface area contributed by atoms with E-state index in [2.05, 4.69) is 62.8 Å². The summed E-state index contributed by atoms with van der Waals surface area (Å²) in [6, 6.07) is 8.26. The zero-order valence-corrected chi connectivity index (χ0v) is 17.6. The predicted molar refractivity (Wildman–Crippen MR) is 114 cm³/mol. The zero-order chi connectivity index (χ0) is 17.6. The van der Waals surface area contributed by atoms with Gasteiger partial charge in [-0.2, -0.15) is 0 Å². The quantitative estimate of drug-likeness (QED) is 0.789. The molecule has 0 atom stereocenters. The van der Waals surface area contributed by atoms with Crippen LogP contribution in [0.4, 0.5) is 5.95 Å². The highest BCUT2D eigenvalue weighted by Gasteiger charge is 2.21. The van der Waals surface area contributed by atoms with Gasteiger partial charge >= 0.3 is 0 Å². The van der Waals surface area contributed by atoms with E-state index in [0.717, 1.165) is 44.2 Å². The van der Waals surface area contributed by atoms with Gasteiger partial charge in [0.15, 0.2) is 0 Å². The van der Waals surface area contributed by atoms with Gasteiger partial charge in [-0.25, -0.2) is 4.98 Å². The number of carbonyl (C=O) groups excluding carboxylic acids is 1. The third-order valence-corrected chi connectivity index (χ3v) is 4.67. The van der Waals surface area contributed by atoms with E-state index in [9.17, 15) is 4.79 Å². The third-order valence-electron chi connectivity index (χ3n) is 4.67. The number of anilines is 1. The maximum Gasteiger partial charge on any atom is 0.234 e. The fourth-order valence-corrected chi connectivity index (χ4v) is 3.10. The number of hydrogen-bond donors (Lipinski definition) is 1. The average molecular weight is 414 g/mol. The topological polar surface area (TPSA) is 53.4 Å². The molecule has 1 amide bonds. The van der Waals surface area contributed by atoms with Crippen LogP contribution in [0, 0.1) is 6.92 Å². The third kappa shape index (κ3) is 6.41. The van der Waals surface area contributed by atoms with Crippen molar-refractivity contribution in [1.29, 1.82) is 0 Å². The van der Waals surface area contributed by atoms with Crippen molar-refractivity contribution in [1.82, 2.24) is 19.8 Å². The van der Waals surface area contributed by atoms with Crippen LogP contribution < -0.4 is 10.2 Å². The highest BCUT2D eigenvalue weighted by molar-refractivity contribution is 5.85.